The van der Waals surface area contributed by atoms with Crippen molar-refractivity contribution >= 4 is 5.82 Å². The average molecular weight is 219 g/mol. The van der Waals surface area contributed by atoms with Crippen LogP contribution >= 0.6 is 0 Å². The topological polar surface area (TPSA) is 57.0 Å². The lowest BCUT2D eigenvalue weighted by Gasteiger charge is -1.99. The second kappa shape index (κ2) is 4.43. The predicted octanol–water partition coefficient (Wildman–Crippen LogP) is 1.94. The van der Waals surface area contributed by atoms with Crippen molar-refractivity contribution in [1.82, 2.24) is 9.78 Å². The second-order valence-corrected chi connectivity index (χ2v) is 3.87. The zero-order valence-corrected chi connectivity index (χ0v) is 9.73. The number of hydrogen-bond acceptors (Lipinski definition) is 3. The number of rotatable bonds is 4. The standard InChI is InChI=1S/C12H17N3O/c1-3-10-11(14-15(2)12(10)13)7-6-9-5-4-8-16-9/h4-5,8H,3,6-7,13H2,1-2H3. The van der Waals surface area contributed by atoms with Crippen LogP contribution in [0.4, 0.5) is 5.82 Å². The van der Waals surface area contributed by atoms with E-state index in [1.54, 1.807) is 10.9 Å². The Balaban J connectivity index is 2.12. The Kier molecular flexibility index (Phi) is 2.99. The Bertz CT molecular complexity index is 457. The lowest BCUT2D eigenvalue weighted by molar-refractivity contribution is 0.506. The SMILES string of the molecule is CCc1c(CCc2ccco2)nn(C)c1N. The van der Waals surface area contributed by atoms with Gasteiger partial charge >= 0.3 is 0 Å². The number of anilines is 1. The molecule has 2 rings (SSSR count). The summed E-state index contributed by atoms with van der Waals surface area (Å²) in [7, 11) is 1.88. The summed E-state index contributed by atoms with van der Waals surface area (Å²) in [5, 5.41) is 4.43. The van der Waals surface area contributed by atoms with Crippen molar-refractivity contribution in [1.29, 1.82) is 0 Å². The van der Waals surface area contributed by atoms with Crippen LogP contribution in [0.25, 0.3) is 0 Å². The number of hydrogen-bond donors (Lipinski definition) is 1. The van der Waals surface area contributed by atoms with Crippen LogP contribution in [0.1, 0.15) is 23.9 Å². The van der Waals surface area contributed by atoms with Gasteiger partial charge in [-0.2, -0.15) is 5.10 Å². The molecule has 0 bridgehead atoms. The Labute approximate surface area is 95.1 Å². The van der Waals surface area contributed by atoms with Crippen molar-refractivity contribution < 1.29 is 4.42 Å². The van der Waals surface area contributed by atoms with E-state index in [1.807, 2.05) is 19.2 Å². The molecule has 0 spiro atoms. The Hall–Kier alpha value is -1.71. The lowest BCUT2D eigenvalue weighted by Crippen LogP contribution is -1.98. The highest BCUT2D eigenvalue weighted by Gasteiger charge is 2.12. The highest BCUT2D eigenvalue weighted by Crippen LogP contribution is 2.18. The van der Waals surface area contributed by atoms with Crippen molar-refractivity contribution in [3.63, 3.8) is 0 Å². The molecular weight excluding hydrogens is 202 g/mol. The summed E-state index contributed by atoms with van der Waals surface area (Å²) in [5.41, 5.74) is 8.18. The second-order valence-electron chi connectivity index (χ2n) is 3.87. The van der Waals surface area contributed by atoms with Gasteiger partial charge in [-0.25, -0.2) is 0 Å². The first-order chi connectivity index (χ1) is 7.72. The Morgan fingerprint density at radius 2 is 2.25 bits per heavy atom. The maximum Gasteiger partial charge on any atom is 0.124 e. The van der Waals surface area contributed by atoms with E-state index < -0.39 is 0 Å². The van der Waals surface area contributed by atoms with Crippen LogP contribution in [0, 0.1) is 0 Å². The summed E-state index contributed by atoms with van der Waals surface area (Å²) in [5.74, 6) is 1.77. The highest BCUT2D eigenvalue weighted by atomic mass is 16.3. The normalized spacial score (nSPS) is 10.9. The molecule has 0 aliphatic heterocycles. The molecule has 2 aromatic rings. The first-order valence-corrected chi connectivity index (χ1v) is 5.55. The zero-order valence-electron chi connectivity index (χ0n) is 9.73. The van der Waals surface area contributed by atoms with Crippen LogP contribution in [0.15, 0.2) is 22.8 Å². The first-order valence-electron chi connectivity index (χ1n) is 5.55. The minimum atomic E-state index is 0.775. The highest BCUT2D eigenvalue weighted by molar-refractivity contribution is 5.43. The molecule has 0 radical (unpaired) electrons. The fraction of sp³-hybridized carbons (Fsp3) is 0.417. The maximum absolute atomic E-state index is 5.94. The molecule has 2 aromatic heterocycles. The van der Waals surface area contributed by atoms with E-state index in [0.29, 0.717) is 0 Å². The number of nitrogens with two attached hydrogens (primary N) is 1. The number of furan rings is 1. The predicted molar refractivity (Wildman–Crippen MR) is 63.1 cm³/mol. The van der Waals surface area contributed by atoms with E-state index in [2.05, 4.69) is 12.0 Å². The van der Waals surface area contributed by atoms with Crippen molar-refractivity contribution in [3.05, 3.63) is 35.4 Å². The van der Waals surface area contributed by atoms with Crippen LogP contribution in [-0.2, 0) is 26.3 Å². The van der Waals surface area contributed by atoms with Gasteiger partial charge in [0.25, 0.3) is 0 Å². The Morgan fingerprint density at radius 1 is 1.44 bits per heavy atom. The molecule has 4 heteroatoms. The van der Waals surface area contributed by atoms with Gasteiger partial charge in [-0.15, -0.1) is 0 Å². The van der Waals surface area contributed by atoms with E-state index >= 15 is 0 Å². The van der Waals surface area contributed by atoms with E-state index in [-0.39, 0.29) is 0 Å². The van der Waals surface area contributed by atoms with E-state index in [0.717, 1.165) is 42.1 Å². The van der Waals surface area contributed by atoms with E-state index in [9.17, 15) is 0 Å². The molecule has 0 atom stereocenters. The molecule has 4 nitrogen and oxygen atoms in total. The van der Waals surface area contributed by atoms with Gasteiger partial charge in [-0.3, -0.25) is 4.68 Å². The monoisotopic (exact) mass is 219 g/mol. The van der Waals surface area contributed by atoms with Crippen LogP contribution in [0.5, 0.6) is 0 Å². The summed E-state index contributed by atoms with van der Waals surface area (Å²) < 4.78 is 7.05. The molecule has 0 aliphatic carbocycles. The minimum Gasteiger partial charge on any atom is -0.469 e. The van der Waals surface area contributed by atoms with Crippen LogP contribution in [-0.4, -0.2) is 9.78 Å². The van der Waals surface area contributed by atoms with Crippen LogP contribution in [0.3, 0.4) is 0 Å². The fourth-order valence-corrected chi connectivity index (χ4v) is 1.92. The number of aryl methyl sites for hydroxylation is 3. The van der Waals surface area contributed by atoms with Crippen molar-refractivity contribution in [2.45, 2.75) is 26.2 Å². The number of nitrogen functional groups attached to an aromatic ring is 1. The molecule has 0 aliphatic rings. The van der Waals surface area contributed by atoms with Gasteiger partial charge < -0.3 is 10.2 Å². The van der Waals surface area contributed by atoms with E-state index in [1.165, 1.54) is 0 Å². The van der Waals surface area contributed by atoms with Gasteiger partial charge in [-0.1, -0.05) is 6.92 Å². The Morgan fingerprint density at radius 3 is 2.88 bits per heavy atom. The molecule has 86 valence electrons. The minimum absolute atomic E-state index is 0.775. The number of aromatic nitrogens is 2. The largest absolute Gasteiger partial charge is 0.469 e. The van der Waals surface area contributed by atoms with Gasteiger partial charge in [0, 0.05) is 19.0 Å². The molecule has 0 amide bonds. The van der Waals surface area contributed by atoms with Gasteiger partial charge in [0.15, 0.2) is 0 Å². The molecule has 0 saturated carbocycles. The third kappa shape index (κ3) is 1.96. The summed E-state index contributed by atoms with van der Waals surface area (Å²) in [6.07, 6.45) is 4.37. The fourth-order valence-electron chi connectivity index (χ4n) is 1.92. The molecule has 0 fully saturated rings. The molecule has 2 N–H and O–H groups in total. The zero-order chi connectivity index (χ0) is 11.5. The molecule has 16 heavy (non-hydrogen) atoms. The van der Waals surface area contributed by atoms with Gasteiger partial charge in [0.1, 0.15) is 11.6 Å². The van der Waals surface area contributed by atoms with E-state index in [4.69, 9.17) is 10.2 Å². The third-order valence-electron chi connectivity index (χ3n) is 2.82. The smallest absolute Gasteiger partial charge is 0.124 e. The lowest BCUT2D eigenvalue weighted by atomic mass is 10.1. The average Bonchev–Trinajstić information content (AvgIpc) is 2.86. The van der Waals surface area contributed by atoms with Crippen LogP contribution in [0.2, 0.25) is 0 Å². The van der Waals surface area contributed by atoms with Gasteiger partial charge in [0.05, 0.1) is 12.0 Å². The molecule has 0 saturated heterocycles. The summed E-state index contributed by atoms with van der Waals surface area (Å²) in [4.78, 5) is 0. The summed E-state index contributed by atoms with van der Waals surface area (Å²) >= 11 is 0. The molecular formula is C12H17N3O. The number of nitrogens with zero attached hydrogens (tertiary/aromatic N) is 2. The maximum atomic E-state index is 5.94. The quantitative estimate of drug-likeness (QED) is 0.855. The third-order valence-corrected chi connectivity index (χ3v) is 2.82. The van der Waals surface area contributed by atoms with Crippen molar-refractivity contribution in [3.8, 4) is 0 Å². The van der Waals surface area contributed by atoms with Crippen molar-refractivity contribution in [2.75, 3.05) is 5.73 Å². The first kappa shape index (κ1) is 10.8. The van der Waals surface area contributed by atoms with Gasteiger partial charge in [-0.05, 0) is 25.0 Å². The van der Waals surface area contributed by atoms with Crippen LogP contribution < -0.4 is 5.73 Å². The molecule has 0 unspecified atom stereocenters. The summed E-state index contributed by atoms with van der Waals surface area (Å²) in [6.45, 7) is 2.10. The molecule has 0 aromatic carbocycles. The van der Waals surface area contributed by atoms with Crippen molar-refractivity contribution in [2.24, 2.45) is 7.05 Å². The summed E-state index contributed by atoms with van der Waals surface area (Å²) in [6, 6.07) is 3.89. The van der Waals surface area contributed by atoms with Gasteiger partial charge in [0.2, 0.25) is 0 Å². The molecule has 2 heterocycles.